The van der Waals surface area contributed by atoms with E-state index >= 15 is 0 Å². The van der Waals surface area contributed by atoms with Crippen molar-refractivity contribution in [1.82, 2.24) is 0 Å². The second-order valence-electron chi connectivity index (χ2n) is 3.04. The Morgan fingerprint density at radius 1 is 1.20 bits per heavy atom. The van der Waals surface area contributed by atoms with Gasteiger partial charge in [0.2, 0.25) is 0 Å². The molecule has 15 heavy (non-hydrogen) atoms. The van der Waals surface area contributed by atoms with Crippen LogP contribution in [0.3, 0.4) is 0 Å². The lowest BCUT2D eigenvalue weighted by molar-refractivity contribution is 0.259. The fourth-order valence-corrected chi connectivity index (χ4v) is 1.30. The van der Waals surface area contributed by atoms with Crippen LogP contribution in [-0.4, -0.2) is 6.03 Å². The van der Waals surface area contributed by atoms with E-state index in [-0.39, 0.29) is 0 Å². The Morgan fingerprint density at radius 2 is 1.93 bits per heavy atom. The zero-order valence-corrected chi connectivity index (χ0v) is 7.94. The molecule has 0 radical (unpaired) electrons. The maximum atomic E-state index is 10.6. The average molecular weight is 202 g/mol. The van der Waals surface area contributed by atoms with Crippen LogP contribution in [-0.2, 0) is 0 Å². The number of benzene rings is 1. The van der Waals surface area contributed by atoms with Gasteiger partial charge in [-0.25, -0.2) is 4.79 Å². The van der Waals surface area contributed by atoms with E-state index in [0.29, 0.717) is 5.69 Å². The van der Waals surface area contributed by atoms with Crippen LogP contribution in [0.1, 0.15) is 0 Å². The minimum Gasteiger partial charge on any atom is -0.464 e. The van der Waals surface area contributed by atoms with Crippen molar-refractivity contribution < 1.29 is 9.21 Å². The first-order valence-corrected chi connectivity index (χ1v) is 4.46. The number of nitrogens with two attached hydrogens (primary N) is 1. The van der Waals surface area contributed by atoms with E-state index in [1.54, 1.807) is 18.4 Å². The van der Waals surface area contributed by atoms with Crippen LogP contribution < -0.4 is 11.1 Å². The van der Waals surface area contributed by atoms with Gasteiger partial charge in [0.15, 0.2) is 0 Å². The van der Waals surface area contributed by atoms with Crippen molar-refractivity contribution in [2.75, 3.05) is 5.32 Å². The first-order valence-electron chi connectivity index (χ1n) is 4.46. The van der Waals surface area contributed by atoms with Gasteiger partial charge in [-0.2, -0.15) is 0 Å². The molecule has 0 aliphatic rings. The first kappa shape index (κ1) is 9.33. The van der Waals surface area contributed by atoms with Crippen LogP contribution in [0.2, 0.25) is 0 Å². The Morgan fingerprint density at radius 3 is 2.47 bits per heavy atom. The van der Waals surface area contributed by atoms with Gasteiger partial charge in [0.25, 0.3) is 0 Å². The molecule has 1 aromatic heterocycles. The van der Waals surface area contributed by atoms with Gasteiger partial charge in [0, 0.05) is 11.3 Å². The molecule has 2 aromatic rings. The topological polar surface area (TPSA) is 68.3 Å². The highest BCUT2D eigenvalue weighted by atomic mass is 16.3. The second kappa shape index (κ2) is 3.88. The summed E-state index contributed by atoms with van der Waals surface area (Å²) in [4.78, 5) is 10.6. The quantitative estimate of drug-likeness (QED) is 0.785. The van der Waals surface area contributed by atoms with Gasteiger partial charge in [-0.3, -0.25) is 0 Å². The summed E-state index contributed by atoms with van der Waals surface area (Å²) in [5.74, 6) is 0.792. The van der Waals surface area contributed by atoms with E-state index in [2.05, 4.69) is 5.32 Å². The lowest BCUT2D eigenvalue weighted by Crippen LogP contribution is -2.19. The fourth-order valence-electron chi connectivity index (χ4n) is 1.30. The Labute approximate surface area is 86.7 Å². The molecular weight excluding hydrogens is 192 g/mol. The Kier molecular flexibility index (Phi) is 2.41. The number of furan rings is 1. The van der Waals surface area contributed by atoms with Crippen molar-refractivity contribution in [1.29, 1.82) is 0 Å². The number of urea groups is 1. The number of hydrogen-bond donors (Lipinski definition) is 2. The van der Waals surface area contributed by atoms with Gasteiger partial charge in [0.05, 0.1) is 6.26 Å². The minimum absolute atomic E-state index is 0.569. The molecule has 4 heteroatoms. The summed E-state index contributed by atoms with van der Waals surface area (Å²) >= 11 is 0. The average Bonchev–Trinajstić information content (AvgIpc) is 2.71. The molecule has 1 aromatic carbocycles. The molecule has 0 unspecified atom stereocenters. The third-order valence-corrected chi connectivity index (χ3v) is 1.96. The highest BCUT2D eigenvalue weighted by Crippen LogP contribution is 2.21. The smallest absolute Gasteiger partial charge is 0.316 e. The lowest BCUT2D eigenvalue weighted by atomic mass is 10.1. The van der Waals surface area contributed by atoms with Crippen LogP contribution in [0, 0.1) is 0 Å². The molecule has 0 saturated carbocycles. The van der Waals surface area contributed by atoms with Crippen molar-refractivity contribution >= 4 is 11.7 Å². The highest BCUT2D eigenvalue weighted by Gasteiger charge is 2.00. The van der Waals surface area contributed by atoms with Crippen molar-refractivity contribution in [2.45, 2.75) is 0 Å². The van der Waals surface area contributed by atoms with Crippen LogP contribution in [0.5, 0.6) is 0 Å². The molecule has 0 bridgehead atoms. The number of carbonyl (C=O) groups is 1. The number of carbonyl (C=O) groups excluding carboxylic acids is 1. The molecule has 3 N–H and O–H groups in total. The number of anilines is 1. The Hall–Kier alpha value is -2.23. The molecule has 76 valence electrons. The zero-order valence-electron chi connectivity index (χ0n) is 7.94. The molecule has 0 atom stereocenters. The maximum absolute atomic E-state index is 10.6. The predicted octanol–water partition coefficient (Wildman–Crippen LogP) is 2.44. The summed E-state index contributed by atoms with van der Waals surface area (Å²) in [7, 11) is 0. The van der Waals surface area contributed by atoms with Crippen molar-refractivity contribution in [2.24, 2.45) is 5.73 Å². The third kappa shape index (κ3) is 2.17. The van der Waals surface area contributed by atoms with Crippen LogP contribution in [0.25, 0.3) is 11.3 Å². The Bertz CT molecular complexity index is 446. The van der Waals surface area contributed by atoms with Crippen molar-refractivity contribution in [3.05, 3.63) is 42.7 Å². The molecule has 0 fully saturated rings. The zero-order chi connectivity index (χ0) is 10.7. The minimum atomic E-state index is -0.569. The number of nitrogens with one attached hydrogen (secondary N) is 1. The number of hydrogen-bond acceptors (Lipinski definition) is 2. The molecule has 1 heterocycles. The summed E-state index contributed by atoms with van der Waals surface area (Å²) in [5.41, 5.74) is 6.61. The van der Waals surface area contributed by atoms with Crippen LogP contribution in [0.4, 0.5) is 10.5 Å². The number of rotatable bonds is 2. The van der Waals surface area contributed by atoms with Gasteiger partial charge in [-0.15, -0.1) is 0 Å². The monoisotopic (exact) mass is 202 g/mol. The van der Waals surface area contributed by atoms with E-state index in [9.17, 15) is 4.79 Å². The second-order valence-corrected chi connectivity index (χ2v) is 3.04. The summed E-state index contributed by atoms with van der Waals surface area (Å²) < 4.78 is 5.23. The lowest BCUT2D eigenvalue weighted by Gasteiger charge is -2.02. The molecular formula is C11H10N2O2. The third-order valence-electron chi connectivity index (χ3n) is 1.96. The standard InChI is InChI=1S/C11H10N2O2/c12-11(14)13-9-5-3-8(4-6-9)10-2-1-7-15-10/h1-7H,(H3,12,13,14). The maximum Gasteiger partial charge on any atom is 0.316 e. The molecule has 0 saturated heterocycles. The van der Waals surface area contributed by atoms with Gasteiger partial charge < -0.3 is 15.5 Å². The molecule has 0 aliphatic carbocycles. The largest absolute Gasteiger partial charge is 0.464 e. The molecule has 2 amide bonds. The van der Waals surface area contributed by atoms with Gasteiger partial charge >= 0.3 is 6.03 Å². The molecule has 4 nitrogen and oxygen atoms in total. The predicted molar refractivity (Wildman–Crippen MR) is 57.4 cm³/mol. The summed E-state index contributed by atoms with van der Waals surface area (Å²) in [5, 5.41) is 2.49. The van der Waals surface area contributed by atoms with E-state index < -0.39 is 6.03 Å². The normalized spacial score (nSPS) is 9.87. The SMILES string of the molecule is NC(=O)Nc1ccc(-c2ccco2)cc1. The van der Waals surface area contributed by atoms with Gasteiger partial charge in [-0.05, 0) is 36.4 Å². The number of primary amides is 1. The number of amides is 2. The van der Waals surface area contributed by atoms with E-state index in [0.717, 1.165) is 11.3 Å². The molecule has 0 aliphatic heterocycles. The molecule has 2 rings (SSSR count). The van der Waals surface area contributed by atoms with Crippen LogP contribution in [0.15, 0.2) is 47.1 Å². The molecule has 0 spiro atoms. The van der Waals surface area contributed by atoms with Crippen LogP contribution >= 0.6 is 0 Å². The van der Waals surface area contributed by atoms with Gasteiger partial charge in [0.1, 0.15) is 5.76 Å². The summed E-state index contributed by atoms with van der Waals surface area (Å²) in [6, 6.07) is 10.4. The highest BCUT2D eigenvalue weighted by molar-refractivity contribution is 5.88. The summed E-state index contributed by atoms with van der Waals surface area (Å²) in [6.45, 7) is 0. The Balaban J connectivity index is 2.21. The van der Waals surface area contributed by atoms with E-state index in [4.69, 9.17) is 10.2 Å². The van der Waals surface area contributed by atoms with Crippen molar-refractivity contribution in [3.63, 3.8) is 0 Å². The summed E-state index contributed by atoms with van der Waals surface area (Å²) in [6.07, 6.45) is 1.62. The van der Waals surface area contributed by atoms with E-state index in [1.165, 1.54) is 0 Å². The van der Waals surface area contributed by atoms with Crippen molar-refractivity contribution in [3.8, 4) is 11.3 Å². The fraction of sp³-hybridized carbons (Fsp3) is 0. The van der Waals surface area contributed by atoms with E-state index in [1.807, 2.05) is 24.3 Å². The van der Waals surface area contributed by atoms with Gasteiger partial charge in [-0.1, -0.05) is 0 Å². The first-order chi connectivity index (χ1) is 7.25.